The average molecular weight is 615 g/mol. The first kappa shape index (κ1) is 30.6. The third kappa shape index (κ3) is 5.87. The maximum absolute atomic E-state index is 6.64. The molecule has 0 saturated heterocycles. The first-order chi connectivity index (χ1) is 22.6. The monoisotopic (exact) mass is 614 g/mol. The van der Waals surface area contributed by atoms with Crippen molar-refractivity contribution in [3.8, 4) is 22.6 Å². The van der Waals surface area contributed by atoms with Crippen molar-refractivity contribution in [1.29, 1.82) is 0 Å². The molecule has 0 radical (unpaired) electrons. The first-order valence-electron chi connectivity index (χ1n) is 16.7. The van der Waals surface area contributed by atoms with E-state index in [-0.39, 0.29) is 5.41 Å². The van der Waals surface area contributed by atoms with E-state index in [9.17, 15) is 0 Å². The minimum absolute atomic E-state index is 0.0583. The van der Waals surface area contributed by atoms with E-state index in [1.165, 1.54) is 43.8 Å². The molecule has 3 heteroatoms. The lowest BCUT2D eigenvalue weighted by atomic mass is 9.84. The number of nitrogens with zero attached hydrogens (tertiary/aromatic N) is 2. The van der Waals surface area contributed by atoms with Gasteiger partial charge in [0, 0.05) is 17.3 Å². The number of aliphatic imine (C=N–C) groups is 1. The van der Waals surface area contributed by atoms with Crippen LogP contribution in [0, 0.1) is 0 Å². The lowest BCUT2D eigenvalue weighted by Gasteiger charge is -2.21. The molecule has 0 bridgehead atoms. The van der Waals surface area contributed by atoms with Crippen LogP contribution in [0.4, 0.5) is 5.69 Å². The average Bonchev–Trinajstić information content (AvgIpc) is 3.50. The number of benzene rings is 6. The Labute approximate surface area is 278 Å². The fourth-order valence-corrected chi connectivity index (χ4v) is 6.39. The molecule has 1 aromatic heterocycles. The molecule has 0 spiro atoms. The van der Waals surface area contributed by atoms with Crippen LogP contribution in [0.25, 0.3) is 55.2 Å². The highest BCUT2D eigenvalue weighted by Gasteiger charge is 2.22. The first-order valence-corrected chi connectivity index (χ1v) is 16.7. The Balaban J connectivity index is 1.38. The van der Waals surface area contributed by atoms with Crippen molar-refractivity contribution in [2.45, 2.75) is 65.7 Å². The Kier molecular flexibility index (Phi) is 7.80. The third-order valence-corrected chi connectivity index (χ3v) is 9.26. The molecule has 234 valence electrons. The van der Waals surface area contributed by atoms with Crippen molar-refractivity contribution in [3.63, 3.8) is 0 Å². The minimum atomic E-state index is -0.0583. The second kappa shape index (κ2) is 12.0. The fraction of sp³-hybridized carbons (Fsp3) is 0.227. The van der Waals surface area contributed by atoms with Crippen LogP contribution in [-0.2, 0) is 5.41 Å². The minimum Gasteiger partial charge on any atom is -0.436 e. The van der Waals surface area contributed by atoms with E-state index >= 15 is 0 Å². The SMILES string of the molecule is CC(C)c1cc(-c2cc(C(C)(C)C)cc3oc(-c4ccccc4N=Cc4cc5ccccc5c5ccccc45)nc23)cc(C(C)C)c1. The lowest BCUT2D eigenvalue weighted by Crippen LogP contribution is -2.11. The summed E-state index contributed by atoms with van der Waals surface area (Å²) in [5.74, 6) is 1.42. The zero-order valence-corrected chi connectivity index (χ0v) is 28.4. The Morgan fingerprint density at radius 2 is 1.30 bits per heavy atom. The summed E-state index contributed by atoms with van der Waals surface area (Å²) in [5.41, 5.74) is 10.6. The van der Waals surface area contributed by atoms with Gasteiger partial charge in [0.15, 0.2) is 5.58 Å². The van der Waals surface area contributed by atoms with Crippen LogP contribution in [0.3, 0.4) is 0 Å². The molecule has 47 heavy (non-hydrogen) atoms. The van der Waals surface area contributed by atoms with Crippen LogP contribution in [0.5, 0.6) is 0 Å². The molecule has 0 aliphatic heterocycles. The number of oxazole rings is 1. The predicted octanol–water partition coefficient (Wildman–Crippen LogP) is 12.8. The number of fused-ring (bicyclic) bond motifs is 4. The van der Waals surface area contributed by atoms with Gasteiger partial charge in [-0.2, -0.15) is 0 Å². The largest absolute Gasteiger partial charge is 0.436 e. The Morgan fingerprint density at radius 3 is 2.00 bits per heavy atom. The van der Waals surface area contributed by atoms with Gasteiger partial charge in [-0.25, -0.2) is 4.98 Å². The maximum atomic E-state index is 6.64. The summed E-state index contributed by atoms with van der Waals surface area (Å²) in [6, 6.07) is 38.9. The van der Waals surface area contributed by atoms with E-state index in [1.807, 2.05) is 24.4 Å². The van der Waals surface area contributed by atoms with Crippen LogP contribution in [0.1, 0.15) is 82.6 Å². The highest BCUT2D eigenvalue weighted by Crippen LogP contribution is 2.40. The molecule has 0 aliphatic rings. The van der Waals surface area contributed by atoms with Gasteiger partial charge in [0.2, 0.25) is 5.89 Å². The second-order valence-electron chi connectivity index (χ2n) is 14.3. The van der Waals surface area contributed by atoms with Crippen molar-refractivity contribution < 1.29 is 4.42 Å². The van der Waals surface area contributed by atoms with Gasteiger partial charge in [-0.1, -0.05) is 127 Å². The van der Waals surface area contributed by atoms with E-state index in [1.54, 1.807) is 0 Å². The molecule has 3 nitrogen and oxygen atoms in total. The Morgan fingerprint density at radius 1 is 0.660 bits per heavy atom. The number of hydrogen-bond donors (Lipinski definition) is 0. The van der Waals surface area contributed by atoms with Gasteiger partial charge in [0.25, 0.3) is 0 Å². The fourth-order valence-electron chi connectivity index (χ4n) is 6.39. The van der Waals surface area contributed by atoms with Crippen LogP contribution >= 0.6 is 0 Å². The molecule has 0 aliphatic carbocycles. The molecule has 6 aromatic carbocycles. The summed E-state index contributed by atoms with van der Waals surface area (Å²) in [7, 11) is 0. The van der Waals surface area contributed by atoms with Crippen molar-refractivity contribution >= 4 is 44.5 Å². The number of para-hydroxylation sites is 1. The molecule has 0 fully saturated rings. The molecule has 7 rings (SSSR count). The molecule has 0 atom stereocenters. The predicted molar refractivity (Wildman–Crippen MR) is 200 cm³/mol. The van der Waals surface area contributed by atoms with Crippen LogP contribution in [0.15, 0.2) is 119 Å². The van der Waals surface area contributed by atoms with Crippen molar-refractivity contribution in [1.82, 2.24) is 4.98 Å². The quantitative estimate of drug-likeness (QED) is 0.138. The number of hydrogen-bond acceptors (Lipinski definition) is 3. The standard InChI is InChI=1S/C44H42N2O/c1-27(2)30-21-31(28(3)4)23-32(22-30)39-24-34(44(5,6)7)25-41-42(39)46-43(47-41)38-18-12-13-19-40(38)45-26-33-20-29-14-8-9-15-35(29)37-17-11-10-16-36(33)37/h8-28H,1-7H3. The van der Waals surface area contributed by atoms with E-state index in [2.05, 4.69) is 139 Å². The Bertz CT molecular complexity index is 2270. The van der Waals surface area contributed by atoms with E-state index in [0.717, 1.165) is 33.5 Å². The topological polar surface area (TPSA) is 38.4 Å². The van der Waals surface area contributed by atoms with Gasteiger partial charge in [-0.3, -0.25) is 4.99 Å². The van der Waals surface area contributed by atoms with Gasteiger partial charge in [-0.05, 0) is 91.4 Å². The summed E-state index contributed by atoms with van der Waals surface area (Å²) in [6.45, 7) is 15.8. The van der Waals surface area contributed by atoms with E-state index in [0.29, 0.717) is 17.7 Å². The summed E-state index contributed by atoms with van der Waals surface area (Å²) in [6.07, 6.45) is 1.98. The van der Waals surface area contributed by atoms with Gasteiger partial charge in [-0.15, -0.1) is 0 Å². The van der Waals surface area contributed by atoms with Gasteiger partial charge in [0.1, 0.15) is 5.52 Å². The molecule has 1 heterocycles. The van der Waals surface area contributed by atoms with Crippen LogP contribution < -0.4 is 0 Å². The highest BCUT2D eigenvalue weighted by molar-refractivity contribution is 6.14. The molecular formula is C44H42N2O. The summed E-state index contributed by atoms with van der Waals surface area (Å²) < 4.78 is 6.64. The second-order valence-corrected chi connectivity index (χ2v) is 14.3. The van der Waals surface area contributed by atoms with E-state index < -0.39 is 0 Å². The zero-order valence-electron chi connectivity index (χ0n) is 28.4. The lowest BCUT2D eigenvalue weighted by molar-refractivity contribution is 0.584. The molecular weight excluding hydrogens is 572 g/mol. The summed E-state index contributed by atoms with van der Waals surface area (Å²) in [5, 5.41) is 4.85. The van der Waals surface area contributed by atoms with Crippen molar-refractivity contribution in [2.75, 3.05) is 0 Å². The highest BCUT2D eigenvalue weighted by atomic mass is 16.3. The molecule has 0 amide bonds. The third-order valence-electron chi connectivity index (χ3n) is 9.26. The van der Waals surface area contributed by atoms with Crippen LogP contribution in [-0.4, -0.2) is 11.2 Å². The molecule has 0 N–H and O–H groups in total. The smallest absolute Gasteiger partial charge is 0.229 e. The summed E-state index contributed by atoms with van der Waals surface area (Å²) >= 11 is 0. The zero-order chi connectivity index (χ0) is 32.9. The Hall–Kier alpha value is -5.02. The normalized spacial score (nSPS) is 12.4. The number of aromatic nitrogens is 1. The van der Waals surface area contributed by atoms with Gasteiger partial charge >= 0.3 is 0 Å². The van der Waals surface area contributed by atoms with Gasteiger partial charge in [0.05, 0.1) is 11.3 Å². The molecule has 0 saturated carbocycles. The molecule has 7 aromatic rings. The van der Waals surface area contributed by atoms with Gasteiger partial charge < -0.3 is 4.42 Å². The number of rotatable bonds is 6. The molecule has 0 unspecified atom stereocenters. The van der Waals surface area contributed by atoms with Crippen molar-refractivity contribution in [3.05, 3.63) is 131 Å². The van der Waals surface area contributed by atoms with Crippen molar-refractivity contribution in [2.24, 2.45) is 4.99 Å². The summed E-state index contributed by atoms with van der Waals surface area (Å²) in [4.78, 5) is 10.3. The maximum Gasteiger partial charge on any atom is 0.229 e. The van der Waals surface area contributed by atoms with E-state index in [4.69, 9.17) is 14.4 Å². The van der Waals surface area contributed by atoms with Crippen LogP contribution in [0.2, 0.25) is 0 Å².